The maximum atomic E-state index is 12.6. The number of benzene rings is 2. The number of carboxylic acid groups (broad SMARTS) is 1. The predicted octanol–water partition coefficient (Wildman–Crippen LogP) is 4.51. The molecule has 0 heterocycles. The summed E-state index contributed by atoms with van der Waals surface area (Å²) in [5, 5.41) is 9.14. The average Bonchev–Trinajstić information content (AvgIpc) is 2.59. The number of nitrogens with zero attached hydrogens (tertiary/aromatic N) is 1. The summed E-state index contributed by atoms with van der Waals surface area (Å²) >= 11 is 0. The van der Waals surface area contributed by atoms with Crippen LogP contribution in [0.25, 0.3) is 0 Å². The molecule has 0 aliphatic heterocycles. The van der Waals surface area contributed by atoms with Gasteiger partial charge in [0.05, 0.1) is 5.56 Å². The number of hydroxylamine groups is 1. The molecule has 0 saturated heterocycles. The molecule has 26 heavy (non-hydrogen) atoms. The van der Waals surface area contributed by atoms with Crippen molar-refractivity contribution in [2.45, 2.75) is 19.1 Å². The number of hydrogen-bond acceptors (Lipinski definition) is 4. The smallest absolute Gasteiger partial charge is 0.480 e. The van der Waals surface area contributed by atoms with Crippen molar-refractivity contribution in [1.82, 2.24) is 4.83 Å². The summed E-state index contributed by atoms with van der Waals surface area (Å²) in [6, 6.07) is 10.2. The van der Waals surface area contributed by atoms with Crippen molar-refractivity contribution in [3.8, 4) is 11.5 Å². The summed E-state index contributed by atoms with van der Waals surface area (Å²) in [5.74, 6) is -1.22. The zero-order chi connectivity index (χ0) is 19.3. The highest BCUT2D eigenvalue weighted by atomic mass is 31.1. The largest absolute Gasteiger partial charge is 0.703 e. The Hall–Kier alpha value is -2.64. The van der Waals surface area contributed by atoms with Gasteiger partial charge in [0.1, 0.15) is 4.83 Å². The predicted molar refractivity (Wildman–Crippen MR) is 85.7 cm³/mol. The van der Waals surface area contributed by atoms with E-state index in [1.165, 1.54) is 19.1 Å². The second-order valence-electron chi connectivity index (χ2n) is 5.07. The molecule has 0 aliphatic carbocycles. The summed E-state index contributed by atoms with van der Waals surface area (Å²) in [6.45, 7) is 1.23. The monoisotopic (exact) mass is 388 g/mol. The molecule has 138 valence electrons. The minimum absolute atomic E-state index is 0.127. The lowest BCUT2D eigenvalue weighted by atomic mass is 10.2. The van der Waals surface area contributed by atoms with Gasteiger partial charge >= 0.3 is 20.3 Å². The van der Waals surface area contributed by atoms with Crippen LogP contribution in [0.3, 0.4) is 0 Å². The maximum absolute atomic E-state index is 12.6. The van der Waals surface area contributed by atoms with Gasteiger partial charge in [0, 0.05) is 4.57 Å². The Morgan fingerprint density at radius 3 is 2.15 bits per heavy atom. The summed E-state index contributed by atoms with van der Waals surface area (Å²) in [5.41, 5.74) is -0.892. The summed E-state index contributed by atoms with van der Waals surface area (Å²) in [6.07, 6.45) is -4.51. The maximum Gasteiger partial charge on any atom is 0.703 e. The van der Waals surface area contributed by atoms with Crippen LogP contribution in [0.15, 0.2) is 54.6 Å². The number of hydrogen-bond donors (Lipinski definition) is 1. The Morgan fingerprint density at radius 1 is 1.08 bits per heavy atom. The van der Waals surface area contributed by atoms with Gasteiger partial charge in [-0.1, -0.05) is 18.2 Å². The Morgan fingerprint density at radius 2 is 1.65 bits per heavy atom. The van der Waals surface area contributed by atoms with Gasteiger partial charge in [-0.2, -0.15) is 13.2 Å². The molecule has 0 bridgehead atoms. The van der Waals surface area contributed by atoms with E-state index < -0.39 is 31.9 Å². The lowest BCUT2D eigenvalue weighted by molar-refractivity contribution is -0.148. The van der Waals surface area contributed by atoms with Crippen molar-refractivity contribution in [3.63, 3.8) is 0 Å². The van der Waals surface area contributed by atoms with Crippen molar-refractivity contribution < 1.29 is 37.0 Å². The third-order valence-corrected chi connectivity index (χ3v) is 4.27. The molecule has 2 aromatic rings. The van der Waals surface area contributed by atoms with Gasteiger partial charge < -0.3 is 9.94 Å². The van der Waals surface area contributed by atoms with Crippen molar-refractivity contribution >= 4 is 14.1 Å². The van der Waals surface area contributed by atoms with E-state index in [9.17, 15) is 22.5 Å². The van der Waals surface area contributed by atoms with E-state index in [1.807, 2.05) is 0 Å². The van der Waals surface area contributed by atoms with Crippen LogP contribution in [-0.4, -0.2) is 22.0 Å². The van der Waals surface area contributed by atoms with E-state index in [0.29, 0.717) is 4.83 Å². The SMILES string of the molecule is CC(C(=O)O)N(Oc1ccccc1)[P+](=O)Oc1ccc(C(F)(F)F)cc1. The lowest BCUT2D eigenvalue weighted by Crippen LogP contribution is -2.37. The van der Waals surface area contributed by atoms with Gasteiger partial charge in [-0.3, -0.25) is 4.79 Å². The van der Waals surface area contributed by atoms with Crippen LogP contribution in [0.4, 0.5) is 13.2 Å². The Kier molecular flexibility index (Phi) is 6.18. The first-order valence-corrected chi connectivity index (χ1v) is 8.39. The summed E-state index contributed by atoms with van der Waals surface area (Å²) in [7, 11) is -2.85. The van der Waals surface area contributed by atoms with Gasteiger partial charge in [-0.15, -0.1) is 0 Å². The Balaban J connectivity index is 2.16. The van der Waals surface area contributed by atoms with Crippen LogP contribution in [0.2, 0.25) is 0 Å². The molecule has 2 rings (SSSR count). The molecule has 0 amide bonds. The standard InChI is InChI=1S/C16H13F3NO5P/c1-11(15(21)22)20(24-13-5-3-2-4-6-13)26(23)25-14-9-7-12(8-10-14)16(17,18)19/h2-11H,1H3/p+1. The number of para-hydroxylation sites is 1. The second kappa shape index (κ2) is 8.16. The number of halogens is 3. The molecular formula is C16H14F3NO5P+. The third kappa shape index (κ3) is 5.18. The lowest BCUT2D eigenvalue weighted by Gasteiger charge is -2.14. The quantitative estimate of drug-likeness (QED) is 0.556. The minimum atomic E-state index is -4.51. The highest BCUT2D eigenvalue weighted by molar-refractivity contribution is 7.36. The zero-order valence-corrected chi connectivity index (χ0v) is 14.3. The van der Waals surface area contributed by atoms with Gasteiger partial charge in [-0.05, 0) is 43.3 Å². The van der Waals surface area contributed by atoms with E-state index >= 15 is 0 Å². The van der Waals surface area contributed by atoms with E-state index in [-0.39, 0.29) is 11.5 Å². The van der Waals surface area contributed by atoms with E-state index in [4.69, 9.17) is 14.5 Å². The number of aliphatic carboxylic acids is 1. The third-order valence-electron chi connectivity index (χ3n) is 3.16. The van der Waals surface area contributed by atoms with Crippen LogP contribution >= 0.6 is 8.18 Å². The molecule has 0 saturated carbocycles. The topological polar surface area (TPSA) is 76.1 Å². The summed E-state index contributed by atoms with van der Waals surface area (Å²) < 4.78 is 55.1. The number of rotatable bonds is 7. The second-order valence-corrected chi connectivity index (χ2v) is 6.12. The van der Waals surface area contributed by atoms with Gasteiger partial charge in [-0.25, -0.2) is 4.52 Å². The van der Waals surface area contributed by atoms with Crippen molar-refractivity contribution in [2.24, 2.45) is 0 Å². The van der Waals surface area contributed by atoms with Crippen LogP contribution in [0, 0.1) is 0 Å². The molecule has 0 aliphatic rings. The fraction of sp³-hybridized carbons (Fsp3) is 0.188. The normalized spacial score (nSPS) is 13.2. The molecule has 10 heteroatoms. The van der Waals surface area contributed by atoms with Crippen LogP contribution in [-0.2, 0) is 15.5 Å². The Bertz CT molecular complexity index is 768. The highest BCUT2D eigenvalue weighted by Crippen LogP contribution is 2.36. The van der Waals surface area contributed by atoms with Crippen LogP contribution in [0.5, 0.6) is 11.5 Å². The van der Waals surface area contributed by atoms with Crippen molar-refractivity contribution in [1.29, 1.82) is 0 Å². The molecule has 0 radical (unpaired) electrons. The van der Waals surface area contributed by atoms with Crippen LogP contribution in [0.1, 0.15) is 12.5 Å². The molecule has 2 aromatic carbocycles. The molecule has 0 spiro atoms. The van der Waals surface area contributed by atoms with E-state index in [2.05, 4.69) is 0 Å². The van der Waals surface area contributed by atoms with Crippen LogP contribution < -0.4 is 9.36 Å². The van der Waals surface area contributed by atoms with Gasteiger partial charge in [0.15, 0.2) is 17.5 Å². The minimum Gasteiger partial charge on any atom is -0.480 e. The summed E-state index contributed by atoms with van der Waals surface area (Å²) in [4.78, 5) is 17.2. The van der Waals surface area contributed by atoms with Gasteiger partial charge in [0.25, 0.3) is 0 Å². The van der Waals surface area contributed by atoms with E-state index in [1.54, 1.807) is 18.2 Å². The first kappa shape index (κ1) is 19.7. The number of carbonyl (C=O) groups is 1. The first-order valence-electron chi connectivity index (χ1n) is 7.26. The van der Waals surface area contributed by atoms with Crippen molar-refractivity contribution in [3.05, 3.63) is 60.2 Å². The molecule has 2 atom stereocenters. The molecule has 6 nitrogen and oxygen atoms in total. The fourth-order valence-corrected chi connectivity index (χ4v) is 2.70. The fourth-order valence-electron chi connectivity index (χ4n) is 1.77. The zero-order valence-electron chi connectivity index (χ0n) is 13.4. The molecule has 0 fully saturated rings. The Labute approximate surface area is 147 Å². The molecule has 0 aromatic heterocycles. The molecular weight excluding hydrogens is 374 g/mol. The average molecular weight is 388 g/mol. The number of alkyl halides is 3. The molecule has 1 N–H and O–H groups in total. The number of carboxylic acids is 1. The first-order chi connectivity index (χ1) is 12.2. The molecule has 2 unspecified atom stereocenters. The van der Waals surface area contributed by atoms with Crippen molar-refractivity contribution in [2.75, 3.05) is 0 Å². The van der Waals surface area contributed by atoms with E-state index in [0.717, 1.165) is 24.3 Å². The van der Waals surface area contributed by atoms with Gasteiger partial charge in [0.2, 0.25) is 0 Å². The highest BCUT2D eigenvalue weighted by Gasteiger charge is 2.43.